The predicted molar refractivity (Wildman–Crippen MR) is 88.1 cm³/mol. The number of aliphatic hydroxyl groups is 2. The Morgan fingerprint density at radius 1 is 1.35 bits per heavy atom. The van der Waals surface area contributed by atoms with Crippen LogP contribution in [-0.2, 0) is 10.2 Å². The lowest BCUT2D eigenvalue weighted by atomic mass is 10.0. The summed E-state index contributed by atoms with van der Waals surface area (Å²) in [5, 5.41) is 29.9. The maximum Gasteiger partial charge on any atom is 0.142 e. The van der Waals surface area contributed by atoms with Crippen LogP contribution in [0.1, 0.15) is 38.7 Å². The van der Waals surface area contributed by atoms with Crippen molar-refractivity contribution in [1.29, 1.82) is 0 Å². The van der Waals surface area contributed by atoms with Gasteiger partial charge in [0, 0.05) is 11.5 Å². The van der Waals surface area contributed by atoms with Gasteiger partial charge in [-0.2, -0.15) is 0 Å². The van der Waals surface area contributed by atoms with Gasteiger partial charge in [-0.3, -0.25) is 0 Å². The average molecular weight is 335 g/mol. The highest BCUT2D eigenvalue weighted by molar-refractivity contribution is 7.72. The minimum atomic E-state index is -2.94. The fraction of sp³-hybridized carbons (Fsp3) is 0.500. The number of rotatable bonds is 3. The van der Waals surface area contributed by atoms with Gasteiger partial charge in [0.05, 0.1) is 17.5 Å². The van der Waals surface area contributed by atoms with Gasteiger partial charge in [0.2, 0.25) is 0 Å². The summed E-state index contributed by atoms with van der Waals surface area (Å²) < 4.78 is 15.3. The van der Waals surface area contributed by atoms with E-state index in [1.165, 1.54) is 10.9 Å². The zero-order valence-corrected chi connectivity index (χ0v) is 14.4. The predicted octanol–water partition coefficient (Wildman–Crippen LogP) is 1.85. The maximum absolute atomic E-state index is 13.8. The molecule has 3 rings (SSSR count). The smallest absolute Gasteiger partial charge is 0.142 e. The molecule has 0 aliphatic carbocycles. The molecule has 3 atom stereocenters. The third kappa shape index (κ3) is 2.65. The van der Waals surface area contributed by atoms with Crippen molar-refractivity contribution in [3.63, 3.8) is 0 Å². The van der Waals surface area contributed by atoms with E-state index in [9.17, 15) is 14.8 Å². The van der Waals surface area contributed by atoms with Crippen molar-refractivity contribution in [3.05, 3.63) is 42.2 Å². The molecule has 0 bridgehead atoms. The third-order valence-electron chi connectivity index (χ3n) is 4.53. The van der Waals surface area contributed by atoms with Crippen LogP contribution < -0.4 is 5.30 Å². The minimum absolute atomic E-state index is 0.403. The van der Waals surface area contributed by atoms with Crippen molar-refractivity contribution >= 4 is 12.4 Å². The van der Waals surface area contributed by atoms with Gasteiger partial charge in [-0.25, -0.2) is 4.68 Å². The first-order valence-electron chi connectivity index (χ1n) is 7.66. The molecule has 2 heterocycles. The van der Waals surface area contributed by atoms with Crippen LogP contribution in [0, 0.1) is 0 Å². The Hall–Kier alpha value is -1.49. The molecule has 2 aromatic rings. The third-order valence-corrected chi connectivity index (χ3v) is 8.15. The van der Waals surface area contributed by atoms with Gasteiger partial charge < -0.3 is 14.8 Å². The Kier molecular flexibility index (Phi) is 3.75. The van der Waals surface area contributed by atoms with Crippen molar-refractivity contribution in [1.82, 2.24) is 15.0 Å². The van der Waals surface area contributed by atoms with Crippen LogP contribution in [0.2, 0.25) is 0 Å². The van der Waals surface area contributed by atoms with Crippen LogP contribution >= 0.6 is 7.14 Å². The van der Waals surface area contributed by atoms with Crippen molar-refractivity contribution in [2.75, 3.05) is 6.16 Å². The average Bonchev–Trinajstić information content (AvgIpc) is 3.03. The second kappa shape index (κ2) is 5.26. The van der Waals surface area contributed by atoms with Crippen molar-refractivity contribution in [2.24, 2.45) is 0 Å². The zero-order valence-electron chi connectivity index (χ0n) is 13.5. The lowest BCUT2D eigenvalue weighted by Crippen LogP contribution is -2.36. The molecule has 6 nitrogen and oxygen atoms in total. The second-order valence-electron chi connectivity index (χ2n) is 6.96. The number of benzene rings is 1. The monoisotopic (exact) mass is 335 g/mol. The van der Waals surface area contributed by atoms with Gasteiger partial charge in [0.25, 0.3) is 0 Å². The molecule has 0 radical (unpaired) electrons. The first-order valence-corrected chi connectivity index (χ1v) is 9.62. The van der Waals surface area contributed by atoms with Gasteiger partial charge in [0.15, 0.2) is 0 Å². The van der Waals surface area contributed by atoms with E-state index in [4.69, 9.17) is 0 Å². The Morgan fingerprint density at radius 2 is 2.00 bits per heavy atom. The van der Waals surface area contributed by atoms with Gasteiger partial charge >= 0.3 is 0 Å². The zero-order chi connectivity index (χ0) is 16.9. The molecule has 1 aromatic carbocycles. The molecule has 0 saturated carbocycles. The Labute approximate surface area is 135 Å². The fourth-order valence-electron chi connectivity index (χ4n) is 3.35. The fourth-order valence-corrected chi connectivity index (χ4v) is 7.14. The van der Waals surface area contributed by atoms with Crippen molar-refractivity contribution in [2.45, 2.75) is 44.2 Å². The number of hydrogen-bond acceptors (Lipinski definition) is 5. The van der Waals surface area contributed by atoms with E-state index in [1.807, 2.05) is 30.3 Å². The minimum Gasteiger partial charge on any atom is -0.387 e. The van der Waals surface area contributed by atoms with Gasteiger partial charge in [-0.1, -0.05) is 35.5 Å². The van der Waals surface area contributed by atoms with Crippen molar-refractivity contribution in [3.8, 4) is 0 Å². The number of nitrogens with zero attached hydrogens (tertiary/aromatic N) is 3. The lowest BCUT2D eigenvalue weighted by Gasteiger charge is -2.32. The van der Waals surface area contributed by atoms with E-state index in [2.05, 4.69) is 10.3 Å². The summed E-state index contributed by atoms with van der Waals surface area (Å²) >= 11 is 0. The molecular weight excluding hydrogens is 313 g/mol. The van der Waals surface area contributed by atoms with Crippen LogP contribution in [-0.4, -0.2) is 37.0 Å². The SMILES string of the molecule is CC(C)(O)c1cnnn1[C@H]1[C@](C)(O)CCP1(=O)c1ccccc1. The number of hydrogen-bond donors (Lipinski definition) is 2. The molecule has 1 aliphatic heterocycles. The van der Waals surface area contributed by atoms with Crippen molar-refractivity contribution < 1.29 is 14.8 Å². The van der Waals surface area contributed by atoms with Crippen LogP contribution in [0.3, 0.4) is 0 Å². The van der Waals surface area contributed by atoms with E-state index >= 15 is 0 Å². The highest BCUT2D eigenvalue weighted by Gasteiger charge is 2.55. The summed E-state index contributed by atoms with van der Waals surface area (Å²) in [7, 11) is -2.94. The topological polar surface area (TPSA) is 88.2 Å². The quantitative estimate of drug-likeness (QED) is 0.836. The molecule has 1 unspecified atom stereocenters. The molecule has 1 aromatic heterocycles. The summed E-state index contributed by atoms with van der Waals surface area (Å²) in [5.41, 5.74) is -1.93. The van der Waals surface area contributed by atoms with E-state index in [1.54, 1.807) is 20.8 Å². The maximum atomic E-state index is 13.8. The van der Waals surface area contributed by atoms with E-state index < -0.39 is 24.1 Å². The summed E-state index contributed by atoms with van der Waals surface area (Å²) in [6.07, 6.45) is 2.28. The summed E-state index contributed by atoms with van der Waals surface area (Å²) in [6.45, 7) is 4.93. The second-order valence-corrected chi connectivity index (χ2v) is 10.0. The van der Waals surface area contributed by atoms with Crippen LogP contribution in [0.15, 0.2) is 36.5 Å². The normalized spacial score (nSPS) is 31.4. The molecule has 124 valence electrons. The highest BCUT2D eigenvalue weighted by atomic mass is 31.2. The summed E-state index contributed by atoms with van der Waals surface area (Å²) in [4.78, 5) is 0. The summed E-state index contributed by atoms with van der Waals surface area (Å²) in [6, 6.07) is 9.22. The van der Waals surface area contributed by atoms with Crippen LogP contribution in [0.5, 0.6) is 0 Å². The largest absolute Gasteiger partial charge is 0.387 e. The van der Waals surface area contributed by atoms with E-state index in [0.29, 0.717) is 18.3 Å². The molecular formula is C16H22N3O3P. The van der Waals surface area contributed by atoms with E-state index in [-0.39, 0.29) is 0 Å². The van der Waals surface area contributed by atoms with E-state index in [0.717, 1.165) is 5.30 Å². The van der Waals surface area contributed by atoms with Gasteiger partial charge in [-0.15, -0.1) is 5.10 Å². The standard InChI is InChI=1S/C16H22N3O3P/c1-15(2,20)13-11-17-18-19(13)14-16(3,21)9-10-23(14,22)12-7-5-4-6-8-12/h4-8,11,14,20-21H,9-10H2,1-3H3/t14-,16-,23?/m1/s1. The molecule has 1 saturated heterocycles. The van der Waals surface area contributed by atoms with Crippen LogP contribution in [0.4, 0.5) is 0 Å². The molecule has 1 fully saturated rings. The number of aromatic nitrogens is 3. The lowest BCUT2D eigenvalue weighted by molar-refractivity contribution is 0.0248. The molecule has 0 amide bonds. The molecule has 0 spiro atoms. The van der Waals surface area contributed by atoms with Gasteiger partial charge in [0.1, 0.15) is 18.5 Å². The van der Waals surface area contributed by atoms with Gasteiger partial charge in [-0.05, 0) is 27.2 Å². The first kappa shape index (κ1) is 16.4. The molecule has 2 N–H and O–H groups in total. The Balaban J connectivity index is 2.18. The Morgan fingerprint density at radius 3 is 2.61 bits per heavy atom. The Bertz CT molecular complexity index is 749. The highest BCUT2D eigenvalue weighted by Crippen LogP contribution is 2.66. The molecule has 1 aliphatic rings. The van der Waals surface area contributed by atoms with Crippen LogP contribution in [0.25, 0.3) is 0 Å². The molecule has 23 heavy (non-hydrogen) atoms. The summed E-state index contributed by atoms with van der Waals surface area (Å²) in [5.74, 6) is -0.735. The molecule has 7 heteroatoms. The first-order chi connectivity index (χ1) is 10.7.